The highest BCUT2D eigenvalue weighted by molar-refractivity contribution is 7.98. The largest absolute Gasteiger partial charge is 0.285 e. The maximum atomic E-state index is 4.78. The molecule has 0 atom stereocenters. The number of hydrogen-bond donors (Lipinski definition) is 1. The maximum Gasteiger partial charge on any atom is 0.0828 e. The number of nitrogens with zero attached hydrogens (tertiary/aromatic N) is 8. The van der Waals surface area contributed by atoms with Crippen molar-refractivity contribution < 1.29 is 0 Å². The van der Waals surface area contributed by atoms with Gasteiger partial charge in [-0.1, -0.05) is 0 Å². The number of aromatic amines is 1. The van der Waals surface area contributed by atoms with Gasteiger partial charge in [-0.25, -0.2) is 4.68 Å². The second-order valence-corrected chi connectivity index (χ2v) is 13.2. The molecule has 5 rings (SSSR count). The minimum atomic E-state index is -0.0810. The Morgan fingerprint density at radius 2 is 1.40 bits per heavy atom. The van der Waals surface area contributed by atoms with Gasteiger partial charge in [0.2, 0.25) is 0 Å². The van der Waals surface area contributed by atoms with Crippen LogP contribution in [0, 0.1) is 0 Å². The average Bonchev–Trinajstić information content (AvgIpc) is 3.70. The molecular formula is C29H39N9S2. The molecule has 5 heterocycles. The molecule has 0 amide bonds. The number of thioether (sulfide) groups is 2. The number of aromatic nitrogens is 9. The highest BCUT2D eigenvalue weighted by Gasteiger charge is 2.22. The highest BCUT2D eigenvalue weighted by Crippen LogP contribution is 2.29. The zero-order valence-electron chi connectivity index (χ0n) is 24.6. The Morgan fingerprint density at radius 1 is 0.800 bits per heavy atom. The van der Waals surface area contributed by atoms with Gasteiger partial charge in [-0.2, -0.15) is 43.9 Å². The molecule has 0 unspecified atom stereocenters. The number of H-pyrrole nitrogens is 1. The van der Waals surface area contributed by atoms with Crippen LogP contribution in [0.15, 0.2) is 61.4 Å². The minimum absolute atomic E-state index is 0.0245. The van der Waals surface area contributed by atoms with Crippen LogP contribution in [0.3, 0.4) is 0 Å². The minimum Gasteiger partial charge on any atom is -0.285 e. The lowest BCUT2D eigenvalue weighted by Crippen LogP contribution is -2.24. The smallest absolute Gasteiger partial charge is 0.0828 e. The van der Waals surface area contributed by atoms with Crippen LogP contribution in [0.4, 0.5) is 0 Å². The second kappa shape index (κ2) is 12.5. The fourth-order valence-corrected chi connectivity index (χ4v) is 5.08. The average molecular weight is 578 g/mol. The molecule has 0 saturated carbocycles. The molecule has 1 N–H and O–H groups in total. The maximum absolute atomic E-state index is 4.78. The lowest BCUT2D eigenvalue weighted by Gasteiger charge is -2.22. The van der Waals surface area contributed by atoms with E-state index in [1.807, 2.05) is 41.6 Å². The van der Waals surface area contributed by atoms with Crippen LogP contribution in [0.1, 0.15) is 52.9 Å². The summed E-state index contributed by atoms with van der Waals surface area (Å²) in [7, 11) is 0. The van der Waals surface area contributed by atoms with Crippen molar-refractivity contribution >= 4 is 23.5 Å². The van der Waals surface area contributed by atoms with Crippen molar-refractivity contribution in [3.63, 3.8) is 0 Å². The molecule has 0 radical (unpaired) electrons. The Morgan fingerprint density at radius 3 is 1.88 bits per heavy atom. The van der Waals surface area contributed by atoms with E-state index in [9.17, 15) is 0 Å². The van der Waals surface area contributed by atoms with Gasteiger partial charge in [0.05, 0.1) is 58.1 Å². The zero-order valence-corrected chi connectivity index (χ0v) is 26.2. The number of rotatable bonds is 7. The van der Waals surface area contributed by atoms with Crippen LogP contribution in [0.2, 0.25) is 0 Å². The van der Waals surface area contributed by atoms with Gasteiger partial charge >= 0.3 is 0 Å². The van der Waals surface area contributed by atoms with Crippen molar-refractivity contribution in [1.82, 2.24) is 44.5 Å². The summed E-state index contributed by atoms with van der Waals surface area (Å²) in [5.41, 5.74) is 7.41. The Balaban J connectivity index is 0.000000194. The van der Waals surface area contributed by atoms with Crippen molar-refractivity contribution in [1.29, 1.82) is 0 Å². The summed E-state index contributed by atoms with van der Waals surface area (Å²) in [6.07, 6.45) is 15.4. The quantitative estimate of drug-likeness (QED) is 0.232. The molecule has 0 aliphatic carbocycles. The fraction of sp³-hybridized carbons (Fsp3) is 0.414. The van der Waals surface area contributed by atoms with E-state index in [-0.39, 0.29) is 11.1 Å². The summed E-state index contributed by atoms with van der Waals surface area (Å²) in [5, 5.41) is 20.8. The van der Waals surface area contributed by atoms with Gasteiger partial charge in [0.1, 0.15) is 0 Å². The van der Waals surface area contributed by atoms with Crippen LogP contribution < -0.4 is 0 Å². The zero-order chi connectivity index (χ0) is 28.9. The third-order valence-electron chi connectivity index (χ3n) is 5.96. The summed E-state index contributed by atoms with van der Waals surface area (Å²) >= 11 is 3.57. The van der Waals surface area contributed by atoms with E-state index in [1.165, 1.54) is 0 Å². The fourth-order valence-electron chi connectivity index (χ4n) is 4.21. The van der Waals surface area contributed by atoms with E-state index >= 15 is 0 Å². The number of hydrogen-bond acceptors (Lipinski definition) is 7. The molecule has 0 spiro atoms. The first-order chi connectivity index (χ1) is 19.0. The van der Waals surface area contributed by atoms with Gasteiger partial charge in [0, 0.05) is 41.2 Å². The molecule has 0 fully saturated rings. The van der Waals surface area contributed by atoms with Crippen molar-refractivity contribution in [3.05, 3.63) is 72.8 Å². The second-order valence-electron chi connectivity index (χ2n) is 11.4. The lowest BCUT2D eigenvalue weighted by atomic mass is 10.1. The Hall–Kier alpha value is -3.31. The predicted molar refractivity (Wildman–Crippen MR) is 167 cm³/mol. The van der Waals surface area contributed by atoms with Gasteiger partial charge in [-0.15, -0.1) is 0 Å². The standard InChI is InChI=1S/C17H21N5S.C12H18N4S/c1-17(2,3)22-16(8-14(20-22)12-23-4)13-9-19-21(11-13)15-6-5-7-18-10-15;1-12(2,3)16-11(9-6-13-14-7-9)5-10(15-16)8-17-4/h5-11H,12H2,1-4H3;5-7H,8H2,1-4H3,(H,13,14). The summed E-state index contributed by atoms with van der Waals surface area (Å²) in [6, 6.07) is 8.20. The first-order valence-electron chi connectivity index (χ1n) is 13.1. The van der Waals surface area contributed by atoms with E-state index in [1.54, 1.807) is 35.9 Å². The van der Waals surface area contributed by atoms with Crippen LogP contribution in [-0.2, 0) is 22.6 Å². The molecule has 212 valence electrons. The predicted octanol–water partition coefficient (Wildman–Crippen LogP) is 6.64. The molecule has 0 aliphatic rings. The van der Waals surface area contributed by atoms with Crippen molar-refractivity contribution in [2.75, 3.05) is 12.5 Å². The Labute approximate surface area is 245 Å². The van der Waals surface area contributed by atoms with E-state index < -0.39 is 0 Å². The monoisotopic (exact) mass is 577 g/mol. The first-order valence-corrected chi connectivity index (χ1v) is 15.9. The summed E-state index contributed by atoms with van der Waals surface area (Å²) in [6.45, 7) is 13.0. The van der Waals surface area contributed by atoms with Crippen LogP contribution in [-0.4, -0.2) is 57.0 Å². The third kappa shape index (κ3) is 7.06. The van der Waals surface area contributed by atoms with E-state index in [0.717, 1.165) is 51.1 Å². The molecule has 0 bridgehead atoms. The lowest BCUT2D eigenvalue weighted by molar-refractivity contribution is 0.358. The van der Waals surface area contributed by atoms with E-state index in [2.05, 4.69) is 101 Å². The van der Waals surface area contributed by atoms with Gasteiger partial charge in [-0.3, -0.25) is 19.4 Å². The number of nitrogens with one attached hydrogen (secondary N) is 1. The SMILES string of the molecule is CSCc1cc(-c2cn[nH]c2)n(C(C)(C)C)n1.CSCc1cc(-c2cnn(-c3cccnc3)c2)n(C(C)(C)C)n1. The van der Waals surface area contributed by atoms with Crippen LogP contribution in [0.5, 0.6) is 0 Å². The van der Waals surface area contributed by atoms with Crippen LogP contribution >= 0.6 is 23.5 Å². The summed E-state index contributed by atoms with van der Waals surface area (Å²) in [5.74, 6) is 1.85. The molecule has 9 nitrogen and oxygen atoms in total. The van der Waals surface area contributed by atoms with Gasteiger partial charge < -0.3 is 0 Å². The molecular weight excluding hydrogens is 539 g/mol. The van der Waals surface area contributed by atoms with Crippen molar-refractivity contribution in [3.8, 4) is 28.2 Å². The van der Waals surface area contributed by atoms with Gasteiger partial charge in [-0.05, 0) is 78.3 Å². The third-order valence-corrected chi connectivity index (χ3v) is 7.13. The molecule has 11 heteroatoms. The highest BCUT2D eigenvalue weighted by atomic mass is 32.2. The van der Waals surface area contributed by atoms with Crippen molar-refractivity contribution in [2.45, 2.75) is 64.1 Å². The number of pyridine rings is 1. The van der Waals surface area contributed by atoms with Gasteiger partial charge in [0.25, 0.3) is 0 Å². The topological polar surface area (TPSA) is 95.0 Å². The molecule has 40 heavy (non-hydrogen) atoms. The van der Waals surface area contributed by atoms with Crippen LogP contribution in [0.25, 0.3) is 28.2 Å². The molecule has 0 aliphatic heterocycles. The first kappa shape index (κ1) is 29.7. The Bertz CT molecular complexity index is 1480. The van der Waals surface area contributed by atoms with Crippen molar-refractivity contribution in [2.24, 2.45) is 0 Å². The van der Waals surface area contributed by atoms with E-state index in [4.69, 9.17) is 5.10 Å². The Kier molecular flexibility index (Phi) is 9.25. The molecule has 0 saturated heterocycles. The normalized spacial score (nSPS) is 11.9. The van der Waals surface area contributed by atoms with E-state index in [0.29, 0.717) is 0 Å². The molecule has 5 aromatic rings. The molecule has 5 aromatic heterocycles. The summed E-state index contributed by atoms with van der Waals surface area (Å²) in [4.78, 5) is 4.15. The summed E-state index contributed by atoms with van der Waals surface area (Å²) < 4.78 is 6.00. The van der Waals surface area contributed by atoms with Gasteiger partial charge in [0.15, 0.2) is 0 Å². The molecule has 0 aromatic carbocycles.